The minimum atomic E-state index is -3.34. The summed E-state index contributed by atoms with van der Waals surface area (Å²) < 4.78 is 20.9. The van der Waals surface area contributed by atoms with E-state index in [-0.39, 0.29) is 0 Å². The number of nitrogens with zero attached hydrogens (tertiary/aromatic N) is 1. The van der Waals surface area contributed by atoms with E-state index in [1.54, 1.807) is 0 Å². The molecule has 0 amide bonds. The van der Waals surface area contributed by atoms with Crippen LogP contribution in [-0.2, 0) is 9.09 Å². The van der Waals surface area contributed by atoms with Gasteiger partial charge in [0.1, 0.15) is 5.78 Å². The number of anilines is 2. The molecule has 0 aromatic heterocycles. The number of para-hydroxylation sites is 1. The topological polar surface area (TPSA) is 41.6 Å². The summed E-state index contributed by atoms with van der Waals surface area (Å²) in [5, 5.41) is 4.81. The highest BCUT2D eigenvalue weighted by Gasteiger charge is 2.38. The highest BCUT2D eigenvalue weighted by Crippen LogP contribution is 2.59. The molecule has 0 unspecified atom stereocenters. The summed E-state index contributed by atoms with van der Waals surface area (Å²) in [4.78, 5) is 2.02. The van der Waals surface area contributed by atoms with Crippen LogP contribution in [0.2, 0.25) is 5.02 Å². The van der Waals surface area contributed by atoms with E-state index in [1.807, 2.05) is 97.9 Å². The average Bonchev–Trinajstić information content (AvgIpc) is 2.79. The lowest BCUT2D eigenvalue weighted by Crippen LogP contribution is -2.21. The van der Waals surface area contributed by atoms with Crippen molar-refractivity contribution in [3.8, 4) is 0 Å². The summed E-state index contributed by atoms with van der Waals surface area (Å²) in [6.07, 6.45) is 1.82. The third kappa shape index (κ3) is 5.92. The first-order valence-electron chi connectivity index (χ1n) is 10.5. The molecule has 0 spiro atoms. The largest absolute Gasteiger partial charge is 0.378 e. The molecule has 0 aliphatic carbocycles. The molecule has 1 N–H and O–H groups in total. The minimum Gasteiger partial charge on any atom is -0.378 e. The number of benzene rings is 3. The van der Waals surface area contributed by atoms with E-state index in [2.05, 4.69) is 12.2 Å². The number of rotatable bonds is 10. The summed E-state index contributed by atoms with van der Waals surface area (Å²) in [6.45, 7) is 2.53. The highest BCUT2D eigenvalue weighted by molar-refractivity contribution is 7.67. The number of unbranched alkanes of at least 4 members (excludes halogenated alkanes) is 1. The SMILES string of the molecule is CCCCO[P@](=O)(c1ccc(N(C)C)cc1)[C@H](Nc1ccccc1)c1ccc(Cl)cc1. The second kappa shape index (κ2) is 10.9. The van der Waals surface area contributed by atoms with Crippen LogP contribution in [0, 0.1) is 0 Å². The second-order valence-corrected chi connectivity index (χ2v) is 10.6. The quantitative estimate of drug-likeness (QED) is 0.265. The monoisotopic (exact) mass is 456 g/mol. The first kappa shape index (κ1) is 23.4. The number of hydrogen-bond donors (Lipinski definition) is 1. The Morgan fingerprint density at radius 1 is 0.968 bits per heavy atom. The molecule has 0 bridgehead atoms. The van der Waals surface area contributed by atoms with Crippen molar-refractivity contribution in [2.75, 3.05) is 30.9 Å². The van der Waals surface area contributed by atoms with Gasteiger partial charge in [0.05, 0.1) is 6.61 Å². The predicted octanol–water partition coefficient (Wildman–Crippen LogP) is 6.94. The Morgan fingerprint density at radius 2 is 1.61 bits per heavy atom. The van der Waals surface area contributed by atoms with Crippen LogP contribution in [0.5, 0.6) is 0 Å². The van der Waals surface area contributed by atoms with Crippen LogP contribution in [0.3, 0.4) is 0 Å². The van der Waals surface area contributed by atoms with Gasteiger partial charge in [0, 0.05) is 35.8 Å². The number of halogens is 1. The maximum atomic E-state index is 14.6. The number of nitrogens with one attached hydrogen (secondary N) is 1. The van der Waals surface area contributed by atoms with Gasteiger partial charge in [0.2, 0.25) is 0 Å². The highest BCUT2D eigenvalue weighted by atomic mass is 35.5. The zero-order chi connectivity index (χ0) is 22.3. The van der Waals surface area contributed by atoms with E-state index in [0.717, 1.165) is 29.8 Å². The Labute approximate surface area is 190 Å². The third-order valence-corrected chi connectivity index (χ3v) is 8.05. The number of hydrogen-bond acceptors (Lipinski definition) is 4. The van der Waals surface area contributed by atoms with Crippen molar-refractivity contribution in [2.24, 2.45) is 0 Å². The summed E-state index contributed by atoms with van der Waals surface area (Å²) in [7, 11) is 0.635. The first-order chi connectivity index (χ1) is 14.9. The molecule has 2 atom stereocenters. The Morgan fingerprint density at radius 3 is 2.19 bits per heavy atom. The van der Waals surface area contributed by atoms with E-state index in [0.29, 0.717) is 16.9 Å². The Balaban J connectivity index is 2.08. The third-order valence-electron chi connectivity index (χ3n) is 5.11. The van der Waals surface area contributed by atoms with Crippen molar-refractivity contribution in [1.82, 2.24) is 0 Å². The van der Waals surface area contributed by atoms with Crippen LogP contribution >= 0.6 is 19.0 Å². The molecule has 0 fully saturated rings. The predicted molar refractivity (Wildman–Crippen MR) is 133 cm³/mol. The molecule has 4 nitrogen and oxygen atoms in total. The van der Waals surface area contributed by atoms with Crippen molar-refractivity contribution in [3.05, 3.63) is 89.4 Å². The fourth-order valence-electron chi connectivity index (χ4n) is 3.30. The molecule has 164 valence electrons. The van der Waals surface area contributed by atoms with Crippen LogP contribution < -0.4 is 15.5 Å². The zero-order valence-corrected chi connectivity index (χ0v) is 19.9. The molecule has 0 radical (unpaired) electrons. The molecular formula is C25H30ClN2O2P. The maximum Gasteiger partial charge on any atom is 0.258 e. The van der Waals surface area contributed by atoms with Gasteiger partial charge in [-0.3, -0.25) is 4.57 Å². The minimum absolute atomic E-state index is 0.434. The van der Waals surface area contributed by atoms with Gasteiger partial charge in [0.25, 0.3) is 7.37 Å². The van der Waals surface area contributed by atoms with Crippen LogP contribution in [0.4, 0.5) is 11.4 Å². The zero-order valence-electron chi connectivity index (χ0n) is 18.3. The van der Waals surface area contributed by atoms with Gasteiger partial charge < -0.3 is 14.7 Å². The maximum absolute atomic E-state index is 14.6. The molecule has 0 saturated heterocycles. The van der Waals surface area contributed by atoms with Crippen molar-refractivity contribution in [3.63, 3.8) is 0 Å². The summed E-state index contributed by atoms with van der Waals surface area (Å²) in [6, 6.07) is 25.0. The molecule has 0 saturated carbocycles. The Kier molecular flexibility index (Phi) is 8.20. The lowest BCUT2D eigenvalue weighted by molar-refractivity contribution is 0.308. The van der Waals surface area contributed by atoms with Gasteiger partial charge in [-0.05, 0) is 60.5 Å². The Bertz CT molecular complexity index is 992. The van der Waals surface area contributed by atoms with Gasteiger partial charge in [-0.25, -0.2) is 0 Å². The average molecular weight is 457 g/mol. The smallest absolute Gasteiger partial charge is 0.258 e. The Hall–Kier alpha value is -2.26. The van der Waals surface area contributed by atoms with Crippen LogP contribution in [0.1, 0.15) is 31.1 Å². The van der Waals surface area contributed by atoms with Crippen molar-refractivity contribution >= 4 is 35.6 Å². The van der Waals surface area contributed by atoms with Crippen molar-refractivity contribution in [2.45, 2.75) is 25.5 Å². The van der Waals surface area contributed by atoms with Gasteiger partial charge in [-0.2, -0.15) is 0 Å². The van der Waals surface area contributed by atoms with E-state index in [9.17, 15) is 4.57 Å². The standard InChI is InChI=1S/C25H30ClN2O2P/c1-4-5-19-30-31(29,24-17-15-23(16-18-24)28(2)3)25(20-11-13-21(26)14-12-20)27-22-9-7-6-8-10-22/h6-18,25,27H,4-5,19H2,1-3H3/t25-,31+/m0/s1. The fourth-order valence-corrected chi connectivity index (χ4v) is 5.87. The van der Waals surface area contributed by atoms with E-state index >= 15 is 0 Å². The lowest BCUT2D eigenvalue weighted by Gasteiger charge is -2.30. The molecule has 3 aromatic rings. The van der Waals surface area contributed by atoms with Crippen LogP contribution in [0.25, 0.3) is 0 Å². The summed E-state index contributed by atoms with van der Waals surface area (Å²) in [5.41, 5.74) is 2.79. The molecule has 3 rings (SSSR count). The van der Waals surface area contributed by atoms with Gasteiger partial charge >= 0.3 is 0 Å². The van der Waals surface area contributed by atoms with Crippen LogP contribution in [-0.4, -0.2) is 20.7 Å². The van der Waals surface area contributed by atoms with Crippen molar-refractivity contribution < 1.29 is 9.09 Å². The summed E-state index contributed by atoms with van der Waals surface area (Å²) >= 11 is 6.13. The van der Waals surface area contributed by atoms with Gasteiger partial charge in [-0.1, -0.05) is 55.3 Å². The molecular weight excluding hydrogens is 427 g/mol. The molecule has 0 heterocycles. The first-order valence-corrected chi connectivity index (χ1v) is 12.6. The molecule has 6 heteroatoms. The van der Waals surface area contributed by atoms with E-state index < -0.39 is 13.2 Å². The normalized spacial score (nSPS) is 13.9. The fraction of sp³-hybridized carbons (Fsp3) is 0.280. The lowest BCUT2D eigenvalue weighted by atomic mass is 10.2. The van der Waals surface area contributed by atoms with Gasteiger partial charge in [-0.15, -0.1) is 0 Å². The van der Waals surface area contributed by atoms with Gasteiger partial charge in [0.15, 0.2) is 0 Å². The molecule has 0 aliphatic heterocycles. The van der Waals surface area contributed by atoms with Crippen LogP contribution in [0.15, 0.2) is 78.9 Å². The van der Waals surface area contributed by atoms with E-state index in [4.69, 9.17) is 16.1 Å². The molecule has 31 heavy (non-hydrogen) atoms. The molecule has 3 aromatic carbocycles. The second-order valence-electron chi connectivity index (χ2n) is 7.66. The van der Waals surface area contributed by atoms with Crippen molar-refractivity contribution in [1.29, 1.82) is 0 Å². The molecule has 0 aliphatic rings. The van der Waals surface area contributed by atoms with E-state index in [1.165, 1.54) is 0 Å². The summed E-state index contributed by atoms with van der Waals surface area (Å²) in [5.74, 6) is -0.547.